The lowest BCUT2D eigenvalue weighted by Crippen LogP contribution is -2.11. The molecule has 5 aromatic rings. The third-order valence-corrected chi connectivity index (χ3v) is 6.25. The van der Waals surface area contributed by atoms with Gasteiger partial charge >= 0.3 is 0 Å². The Morgan fingerprint density at radius 1 is 0.794 bits per heavy atom. The highest BCUT2D eigenvalue weighted by Gasteiger charge is 2.10. The van der Waals surface area contributed by atoms with Crippen LogP contribution in [-0.2, 0) is 0 Å². The molecule has 0 spiro atoms. The molecule has 0 unspecified atom stereocenters. The summed E-state index contributed by atoms with van der Waals surface area (Å²) < 4.78 is 5.83. The van der Waals surface area contributed by atoms with Crippen molar-refractivity contribution >= 4 is 34.5 Å². The van der Waals surface area contributed by atoms with E-state index >= 15 is 0 Å². The standard InChI is InChI=1S/C28H19ClN2O2S/c29-22-13-9-20(10-14-22)28-31-26(18-34-28)19-11-15-23(16-12-19)30-27(32)21-5-4-8-25(17-21)33-24-6-2-1-3-7-24/h1-18H,(H,30,32). The van der Waals surface area contributed by atoms with Crippen molar-refractivity contribution in [2.75, 3.05) is 5.32 Å². The van der Waals surface area contributed by atoms with Crippen LogP contribution in [0.25, 0.3) is 21.8 Å². The van der Waals surface area contributed by atoms with Crippen LogP contribution in [0.15, 0.2) is 109 Å². The molecule has 1 amide bonds. The van der Waals surface area contributed by atoms with Gasteiger partial charge in [0.15, 0.2) is 0 Å². The van der Waals surface area contributed by atoms with Crippen LogP contribution in [0.5, 0.6) is 11.5 Å². The number of para-hydroxylation sites is 1. The smallest absolute Gasteiger partial charge is 0.255 e. The number of thiazole rings is 1. The molecule has 166 valence electrons. The minimum Gasteiger partial charge on any atom is -0.457 e. The topological polar surface area (TPSA) is 51.2 Å². The first-order valence-electron chi connectivity index (χ1n) is 10.6. The Balaban J connectivity index is 1.26. The SMILES string of the molecule is O=C(Nc1ccc(-c2csc(-c3ccc(Cl)cc3)n2)cc1)c1cccc(Oc2ccccc2)c1. The van der Waals surface area contributed by atoms with E-state index in [1.54, 1.807) is 29.5 Å². The summed E-state index contributed by atoms with van der Waals surface area (Å²) in [6, 6.07) is 31.9. The first-order valence-corrected chi connectivity index (χ1v) is 11.9. The number of carbonyl (C=O) groups excluding carboxylic acids is 1. The average molecular weight is 483 g/mol. The molecule has 6 heteroatoms. The number of rotatable bonds is 6. The first-order chi connectivity index (χ1) is 16.6. The van der Waals surface area contributed by atoms with Crippen LogP contribution in [0.1, 0.15) is 10.4 Å². The quantitative estimate of drug-likeness (QED) is 0.265. The lowest BCUT2D eigenvalue weighted by atomic mass is 10.1. The molecule has 5 rings (SSSR count). The van der Waals surface area contributed by atoms with E-state index in [1.807, 2.05) is 90.3 Å². The summed E-state index contributed by atoms with van der Waals surface area (Å²) in [5.74, 6) is 1.12. The van der Waals surface area contributed by atoms with Crippen LogP contribution in [0.2, 0.25) is 5.02 Å². The molecule has 0 radical (unpaired) electrons. The van der Waals surface area contributed by atoms with E-state index in [2.05, 4.69) is 5.32 Å². The molecule has 1 aromatic heterocycles. The summed E-state index contributed by atoms with van der Waals surface area (Å²) >= 11 is 7.56. The zero-order valence-electron chi connectivity index (χ0n) is 17.9. The molecule has 34 heavy (non-hydrogen) atoms. The van der Waals surface area contributed by atoms with Gasteiger partial charge in [-0.15, -0.1) is 11.3 Å². The lowest BCUT2D eigenvalue weighted by molar-refractivity contribution is 0.102. The molecule has 0 aliphatic carbocycles. The second-order valence-corrected chi connectivity index (χ2v) is 8.81. The Morgan fingerprint density at radius 2 is 1.50 bits per heavy atom. The Labute approximate surface area is 206 Å². The van der Waals surface area contributed by atoms with Gasteiger partial charge in [0.05, 0.1) is 5.69 Å². The van der Waals surface area contributed by atoms with Gasteiger partial charge in [-0.25, -0.2) is 4.98 Å². The number of nitrogens with zero attached hydrogens (tertiary/aromatic N) is 1. The van der Waals surface area contributed by atoms with Gasteiger partial charge in [-0.2, -0.15) is 0 Å². The predicted molar refractivity (Wildman–Crippen MR) is 139 cm³/mol. The molecule has 0 bridgehead atoms. The van der Waals surface area contributed by atoms with Gasteiger partial charge in [0.1, 0.15) is 16.5 Å². The zero-order chi connectivity index (χ0) is 23.3. The average Bonchev–Trinajstić information content (AvgIpc) is 3.36. The van der Waals surface area contributed by atoms with Crippen molar-refractivity contribution < 1.29 is 9.53 Å². The number of ether oxygens (including phenoxy) is 1. The lowest BCUT2D eigenvalue weighted by Gasteiger charge is -2.09. The fourth-order valence-corrected chi connectivity index (χ4v) is 4.35. The monoisotopic (exact) mass is 482 g/mol. The first kappa shape index (κ1) is 21.9. The third-order valence-electron chi connectivity index (χ3n) is 5.11. The summed E-state index contributed by atoms with van der Waals surface area (Å²) in [6.07, 6.45) is 0. The largest absolute Gasteiger partial charge is 0.457 e. The maximum absolute atomic E-state index is 12.8. The molecule has 0 saturated heterocycles. The van der Waals surface area contributed by atoms with Gasteiger partial charge in [-0.05, 0) is 54.6 Å². The molecule has 0 aliphatic rings. The summed E-state index contributed by atoms with van der Waals surface area (Å²) in [7, 11) is 0. The molecular formula is C28H19ClN2O2S. The van der Waals surface area contributed by atoms with Gasteiger partial charge < -0.3 is 10.1 Å². The number of anilines is 1. The van der Waals surface area contributed by atoms with Crippen LogP contribution in [0.3, 0.4) is 0 Å². The highest BCUT2D eigenvalue weighted by molar-refractivity contribution is 7.13. The van der Waals surface area contributed by atoms with Crippen molar-refractivity contribution in [3.8, 4) is 33.3 Å². The van der Waals surface area contributed by atoms with Crippen LogP contribution in [0, 0.1) is 0 Å². The van der Waals surface area contributed by atoms with Crippen LogP contribution in [-0.4, -0.2) is 10.9 Å². The van der Waals surface area contributed by atoms with Gasteiger partial charge in [-0.3, -0.25) is 4.79 Å². The minimum atomic E-state index is -0.204. The molecule has 0 aliphatic heterocycles. The van der Waals surface area contributed by atoms with Gasteiger partial charge in [-0.1, -0.05) is 60.1 Å². The van der Waals surface area contributed by atoms with Crippen LogP contribution in [0.4, 0.5) is 5.69 Å². The minimum absolute atomic E-state index is 0.204. The Hall–Kier alpha value is -3.93. The van der Waals surface area contributed by atoms with E-state index in [9.17, 15) is 4.79 Å². The van der Waals surface area contributed by atoms with Gasteiger partial charge in [0.2, 0.25) is 0 Å². The van der Waals surface area contributed by atoms with E-state index in [0.29, 0.717) is 22.0 Å². The van der Waals surface area contributed by atoms with Crippen molar-refractivity contribution in [1.29, 1.82) is 0 Å². The number of hydrogen-bond acceptors (Lipinski definition) is 4. The molecule has 4 aromatic carbocycles. The fourth-order valence-electron chi connectivity index (χ4n) is 3.38. The molecule has 1 heterocycles. The van der Waals surface area contributed by atoms with Crippen molar-refractivity contribution in [1.82, 2.24) is 4.98 Å². The summed E-state index contributed by atoms with van der Waals surface area (Å²) in [6.45, 7) is 0. The number of hydrogen-bond donors (Lipinski definition) is 1. The normalized spacial score (nSPS) is 10.6. The summed E-state index contributed by atoms with van der Waals surface area (Å²) in [5, 5.41) is 6.60. The van der Waals surface area contributed by atoms with E-state index in [4.69, 9.17) is 21.3 Å². The zero-order valence-corrected chi connectivity index (χ0v) is 19.5. The molecule has 4 nitrogen and oxygen atoms in total. The van der Waals surface area contributed by atoms with Crippen molar-refractivity contribution in [2.24, 2.45) is 0 Å². The highest BCUT2D eigenvalue weighted by atomic mass is 35.5. The van der Waals surface area contributed by atoms with Gasteiger partial charge in [0.25, 0.3) is 5.91 Å². The second kappa shape index (κ2) is 9.91. The van der Waals surface area contributed by atoms with Crippen molar-refractivity contribution in [3.63, 3.8) is 0 Å². The van der Waals surface area contributed by atoms with E-state index in [-0.39, 0.29) is 5.91 Å². The molecule has 0 fully saturated rings. The number of benzene rings is 4. The summed E-state index contributed by atoms with van der Waals surface area (Å²) in [5.41, 5.74) is 4.12. The highest BCUT2D eigenvalue weighted by Crippen LogP contribution is 2.30. The maximum atomic E-state index is 12.8. The van der Waals surface area contributed by atoms with E-state index in [0.717, 1.165) is 27.6 Å². The van der Waals surface area contributed by atoms with Crippen molar-refractivity contribution in [3.05, 3.63) is 119 Å². The number of aromatic nitrogens is 1. The maximum Gasteiger partial charge on any atom is 0.255 e. The third kappa shape index (κ3) is 5.17. The van der Waals surface area contributed by atoms with E-state index < -0.39 is 0 Å². The number of halogens is 1. The fraction of sp³-hybridized carbons (Fsp3) is 0. The second-order valence-electron chi connectivity index (χ2n) is 7.52. The molecule has 1 N–H and O–H groups in total. The molecular weight excluding hydrogens is 464 g/mol. The Bertz CT molecular complexity index is 1420. The van der Waals surface area contributed by atoms with Crippen LogP contribution < -0.4 is 10.1 Å². The molecule has 0 saturated carbocycles. The number of nitrogens with one attached hydrogen (secondary N) is 1. The van der Waals surface area contributed by atoms with E-state index in [1.165, 1.54) is 0 Å². The molecule has 0 atom stereocenters. The van der Waals surface area contributed by atoms with Gasteiger partial charge in [0, 0.05) is 32.8 Å². The number of amides is 1. The van der Waals surface area contributed by atoms with Crippen LogP contribution >= 0.6 is 22.9 Å². The Kier molecular flexibility index (Phi) is 6.38. The number of carbonyl (C=O) groups is 1. The predicted octanol–water partition coefficient (Wildman–Crippen LogP) is 8.18. The Morgan fingerprint density at radius 3 is 2.26 bits per heavy atom. The van der Waals surface area contributed by atoms with Crippen molar-refractivity contribution in [2.45, 2.75) is 0 Å². The summed E-state index contributed by atoms with van der Waals surface area (Å²) in [4.78, 5) is 17.5.